The fraction of sp³-hybridized carbons (Fsp3) is 0.278. The maximum absolute atomic E-state index is 13.0. The third kappa shape index (κ3) is 4.19. The number of imidazole rings is 1. The number of rotatable bonds is 6. The smallest absolute Gasteiger partial charge is 0.220 e. The van der Waals surface area contributed by atoms with E-state index in [2.05, 4.69) is 20.3 Å². The number of pyridine rings is 1. The van der Waals surface area contributed by atoms with Gasteiger partial charge in [-0.3, -0.25) is 4.79 Å². The molecule has 1 amide bonds. The topological polar surface area (TPSA) is 90.9 Å². The van der Waals surface area contributed by atoms with Gasteiger partial charge in [0.1, 0.15) is 17.2 Å². The van der Waals surface area contributed by atoms with E-state index in [0.29, 0.717) is 23.5 Å². The minimum absolute atomic E-state index is 0.0408. The maximum Gasteiger partial charge on any atom is 0.220 e. The van der Waals surface area contributed by atoms with Gasteiger partial charge in [0.2, 0.25) is 5.91 Å². The molecule has 1 unspecified atom stereocenters. The van der Waals surface area contributed by atoms with Crippen molar-refractivity contribution in [1.29, 1.82) is 0 Å². The molecule has 2 aromatic heterocycles. The van der Waals surface area contributed by atoms with Crippen molar-refractivity contribution in [3.8, 4) is 0 Å². The fourth-order valence-corrected chi connectivity index (χ4v) is 2.52. The lowest BCUT2D eigenvalue weighted by molar-refractivity contribution is -0.122. The molecule has 3 N–H and O–H groups in total. The van der Waals surface area contributed by atoms with Gasteiger partial charge < -0.3 is 15.4 Å². The standard InChI is InChI=1S/C18H19FN4O2/c1-18(25,12-4-6-13(19)7-5-12)11-21-16(24)9-8-15-22-14-3-2-10-20-17(14)23-15/h2-7,10,25H,8-9,11H2,1H3,(H,21,24)(H,20,22,23). The SMILES string of the molecule is CC(O)(CNC(=O)CCc1nc2ncccc2[nH]1)c1ccc(F)cc1. The Kier molecular flexibility index (Phi) is 4.76. The van der Waals surface area contributed by atoms with Crippen LogP contribution in [0.25, 0.3) is 11.2 Å². The summed E-state index contributed by atoms with van der Waals surface area (Å²) in [5.74, 6) is 0.119. The maximum atomic E-state index is 13.0. The number of nitrogens with zero attached hydrogens (tertiary/aromatic N) is 2. The van der Waals surface area contributed by atoms with Crippen molar-refractivity contribution >= 4 is 17.1 Å². The van der Waals surface area contributed by atoms with Crippen LogP contribution in [0.2, 0.25) is 0 Å². The van der Waals surface area contributed by atoms with Crippen LogP contribution in [-0.2, 0) is 16.8 Å². The highest BCUT2D eigenvalue weighted by molar-refractivity contribution is 5.76. The van der Waals surface area contributed by atoms with Crippen LogP contribution in [0.5, 0.6) is 0 Å². The van der Waals surface area contributed by atoms with Gasteiger partial charge in [-0.15, -0.1) is 0 Å². The Morgan fingerprint density at radius 1 is 1.32 bits per heavy atom. The van der Waals surface area contributed by atoms with E-state index in [0.717, 1.165) is 5.52 Å². The average molecular weight is 342 g/mol. The van der Waals surface area contributed by atoms with Gasteiger partial charge in [-0.1, -0.05) is 12.1 Å². The van der Waals surface area contributed by atoms with Gasteiger partial charge in [0.25, 0.3) is 0 Å². The first-order valence-corrected chi connectivity index (χ1v) is 7.99. The zero-order valence-electron chi connectivity index (χ0n) is 13.8. The Morgan fingerprint density at radius 2 is 2.08 bits per heavy atom. The van der Waals surface area contributed by atoms with Crippen molar-refractivity contribution < 1.29 is 14.3 Å². The third-order valence-corrected chi connectivity index (χ3v) is 3.99. The van der Waals surface area contributed by atoms with E-state index < -0.39 is 5.60 Å². The van der Waals surface area contributed by atoms with Crippen LogP contribution in [0, 0.1) is 5.82 Å². The molecule has 2 heterocycles. The Balaban J connectivity index is 1.52. The van der Waals surface area contributed by atoms with E-state index in [1.165, 1.54) is 24.3 Å². The number of aliphatic hydroxyl groups is 1. The predicted molar refractivity (Wildman–Crippen MR) is 91.2 cm³/mol. The summed E-state index contributed by atoms with van der Waals surface area (Å²) in [6.07, 6.45) is 2.34. The molecule has 25 heavy (non-hydrogen) atoms. The molecule has 0 bridgehead atoms. The summed E-state index contributed by atoms with van der Waals surface area (Å²) in [6, 6.07) is 9.25. The van der Waals surface area contributed by atoms with Gasteiger partial charge in [-0.25, -0.2) is 14.4 Å². The molecule has 7 heteroatoms. The number of H-pyrrole nitrogens is 1. The average Bonchev–Trinajstić information content (AvgIpc) is 3.01. The lowest BCUT2D eigenvalue weighted by Gasteiger charge is -2.24. The monoisotopic (exact) mass is 342 g/mol. The number of hydrogen-bond acceptors (Lipinski definition) is 4. The summed E-state index contributed by atoms with van der Waals surface area (Å²) >= 11 is 0. The minimum Gasteiger partial charge on any atom is -0.384 e. The molecule has 0 saturated heterocycles. The van der Waals surface area contributed by atoms with Crippen LogP contribution in [0.15, 0.2) is 42.6 Å². The number of nitrogens with one attached hydrogen (secondary N) is 2. The second-order valence-electron chi connectivity index (χ2n) is 6.12. The van der Waals surface area contributed by atoms with Gasteiger partial charge in [0.15, 0.2) is 5.65 Å². The molecule has 1 aromatic carbocycles. The van der Waals surface area contributed by atoms with E-state index in [4.69, 9.17) is 0 Å². The minimum atomic E-state index is -1.27. The lowest BCUT2D eigenvalue weighted by atomic mass is 9.96. The molecular weight excluding hydrogens is 323 g/mol. The molecule has 0 aliphatic rings. The van der Waals surface area contributed by atoms with Gasteiger partial charge in [-0.05, 0) is 36.8 Å². The van der Waals surface area contributed by atoms with Crippen LogP contribution >= 0.6 is 0 Å². The van der Waals surface area contributed by atoms with Crippen molar-refractivity contribution in [2.45, 2.75) is 25.4 Å². The number of carbonyl (C=O) groups is 1. The molecule has 0 saturated carbocycles. The highest BCUT2D eigenvalue weighted by Crippen LogP contribution is 2.20. The Hall–Kier alpha value is -2.80. The molecule has 6 nitrogen and oxygen atoms in total. The molecular formula is C18H19FN4O2. The van der Waals surface area contributed by atoms with Crippen LogP contribution in [0.3, 0.4) is 0 Å². The van der Waals surface area contributed by atoms with E-state index >= 15 is 0 Å². The number of aromatic nitrogens is 3. The number of amides is 1. The summed E-state index contributed by atoms with van der Waals surface area (Å²) in [6.45, 7) is 1.62. The van der Waals surface area contributed by atoms with E-state index in [1.54, 1.807) is 13.1 Å². The highest BCUT2D eigenvalue weighted by atomic mass is 19.1. The molecule has 0 radical (unpaired) electrons. The molecule has 0 fully saturated rings. The molecule has 0 spiro atoms. The molecule has 3 aromatic rings. The third-order valence-electron chi connectivity index (χ3n) is 3.99. The van der Waals surface area contributed by atoms with Crippen molar-refractivity contribution in [2.24, 2.45) is 0 Å². The zero-order chi connectivity index (χ0) is 17.9. The largest absolute Gasteiger partial charge is 0.384 e. The van der Waals surface area contributed by atoms with Gasteiger partial charge in [0.05, 0.1) is 12.1 Å². The van der Waals surface area contributed by atoms with Gasteiger partial charge in [-0.2, -0.15) is 0 Å². The quantitative estimate of drug-likeness (QED) is 0.639. The molecule has 0 aliphatic carbocycles. The number of aryl methyl sites for hydroxylation is 1. The summed E-state index contributed by atoms with van der Waals surface area (Å²) in [5.41, 5.74) is 0.721. The lowest BCUT2D eigenvalue weighted by Crippen LogP contribution is -2.38. The predicted octanol–water partition coefficient (Wildman–Crippen LogP) is 2.05. The van der Waals surface area contributed by atoms with Crippen LogP contribution < -0.4 is 5.32 Å². The van der Waals surface area contributed by atoms with Gasteiger partial charge >= 0.3 is 0 Å². The Bertz CT molecular complexity index is 841. The Morgan fingerprint density at radius 3 is 2.80 bits per heavy atom. The summed E-state index contributed by atoms with van der Waals surface area (Å²) < 4.78 is 13.0. The number of hydrogen-bond donors (Lipinski definition) is 3. The number of halogens is 1. The van der Waals surface area contributed by atoms with Gasteiger partial charge in [0, 0.05) is 19.0 Å². The first-order valence-electron chi connectivity index (χ1n) is 7.99. The highest BCUT2D eigenvalue weighted by Gasteiger charge is 2.23. The zero-order valence-corrected chi connectivity index (χ0v) is 13.8. The van der Waals surface area contributed by atoms with E-state index in [-0.39, 0.29) is 24.7 Å². The normalized spacial score (nSPS) is 13.6. The first kappa shape index (κ1) is 17.0. The summed E-state index contributed by atoms with van der Waals surface area (Å²) in [4.78, 5) is 23.6. The number of carbonyl (C=O) groups excluding carboxylic acids is 1. The molecule has 0 aliphatic heterocycles. The fourth-order valence-electron chi connectivity index (χ4n) is 2.52. The van der Waals surface area contributed by atoms with Crippen molar-refractivity contribution in [1.82, 2.24) is 20.3 Å². The van der Waals surface area contributed by atoms with Crippen LogP contribution in [0.1, 0.15) is 24.7 Å². The van der Waals surface area contributed by atoms with Crippen LogP contribution in [0.4, 0.5) is 4.39 Å². The van der Waals surface area contributed by atoms with E-state index in [9.17, 15) is 14.3 Å². The molecule has 3 rings (SSSR count). The second-order valence-corrected chi connectivity index (χ2v) is 6.12. The van der Waals surface area contributed by atoms with Crippen molar-refractivity contribution in [3.05, 3.63) is 59.8 Å². The Labute approximate surface area is 144 Å². The van der Waals surface area contributed by atoms with Crippen molar-refractivity contribution in [2.75, 3.05) is 6.54 Å². The van der Waals surface area contributed by atoms with Crippen LogP contribution in [-0.4, -0.2) is 32.5 Å². The second kappa shape index (κ2) is 6.98. The van der Waals surface area contributed by atoms with E-state index in [1.807, 2.05) is 12.1 Å². The number of fused-ring (bicyclic) bond motifs is 1. The summed E-state index contributed by atoms with van der Waals surface area (Å²) in [5, 5.41) is 13.1. The van der Waals surface area contributed by atoms with Crippen molar-refractivity contribution in [3.63, 3.8) is 0 Å². The molecule has 1 atom stereocenters. The molecule has 130 valence electrons. The first-order chi connectivity index (χ1) is 11.9. The summed E-state index contributed by atoms with van der Waals surface area (Å²) in [7, 11) is 0. The number of benzene rings is 1. The number of aromatic amines is 1.